The van der Waals surface area contributed by atoms with Gasteiger partial charge >= 0.3 is 0 Å². The van der Waals surface area contributed by atoms with Gasteiger partial charge in [-0.05, 0) is 36.3 Å². The predicted molar refractivity (Wildman–Crippen MR) is 124 cm³/mol. The Bertz CT molecular complexity index is 707. The molecule has 154 valence electrons. The molecule has 0 fully saturated rings. The summed E-state index contributed by atoms with van der Waals surface area (Å²) in [6.07, 6.45) is 9.55. The van der Waals surface area contributed by atoms with E-state index in [9.17, 15) is 5.26 Å². The van der Waals surface area contributed by atoms with Gasteiger partial charge in [0.05, 0.1) is 18.8 Å². The number of hydrogen-bond acceptors (Lipinski definition) is 4. The van der Waals surface area contributed by atoms with Crippen molar-refractivity contribution in [3.8, 4) is 11.8 Å². The van der Waals surface area contributed by atoms with Crippen LogP contribution in [0.25, 0.3) is 5.57 Å². The fraction of sp³-hybridized carbons (Fsp3) is 0.375. The summed E-state index contributed by atoms with van der Waals surface area (Å²) in [4.78, 5) is 0. The lowest BCUT2D eigenvalue weighted by Crippen LogP contribution is -1.96. The van der Waals surface area contributed by atoms with Gasteiger partial charge in [-0.1, -0.05) is 59.8 Å². The van der Waals surface area contributed by atoms with Crippen molar-refractivity contribution in [1.29, 1.82) is 5.26 Å². The van der Waals surface area contributed by atoms with Crippen molar-refractivity contribution in [2.24, 2.45) is 5.73 Å². The summed E-state index contributed by atoms with van der Waals surface area (Å²) in [5.74, 6) is 0.735. The normalized spacial score (nSPS) is 10.8. The van der Waals surface area contributed by atoms with E-state index >= 15 is 0 Å². The zero-order valence-electron chi connectivity index (χ0n) is 18.6. The molecule has 0 spiro atoms. The van der Waals surface area contributed by atoms with Crippen LogP contribution >= 0.6 is 0 Å². The predicted octanol–water partition coefficient (Wildman–Crippen LogP) is 6.45. The van der Waals surface area contributed by atoms with E-state index in [4.69, 9.17) is 10.5 Å². The average Bonchev–Trinajstić information content (AvgIpc) is 2.71. The lowest BCUT2D eigenvalue weighted by Gasteiger charge is -2.10. The molecule has 3 N–H and O–H groups in total. The van der Waals surface area contributed by atoms with Crippen LogP contribution in [0.3, 0.4) is 0 Å². The minimum Gasteiger partial charge on any atom is -0.497 e. The Morgan fingerprint density at radius 1 is 1.25 bits per heavy atom. The molecular formula is C24H37N3O. The molecule has 0 aliphatic rings. The minimum atomic E-state index is 0.472. The number of methoxy groups -OCH3 is 1. The number of anilines is 1. The van der Waals surface area contributed by atoms with E-state index in [2.05, 4.69) is 31.8 Å². The van der Waals surface area contributed by atoms with E-state index in [0.29, 0.717) is 11.3 Å². The molecule has 0 aliphatic heterocycles. The van der Waals surface area contributed by atoms with Crippen molar-refractivity contribution in [2.75, 3.05) is 19.5 Å². The molecule has 0 unspecified atom stereocenters. The molecule has 0 saturated carbocycles. The van der Waals surface area contributed by atoms with Crippen molar-refractivity contribution in [3.05, 3.63) is 65.9 Å². The highest BCUT2D eigenvalue weighted by Crippen LogP contribution is 2.28. The molecule has 4 nitrogen and oxygen atoms in total. The molecule has 1 aromatic rings. The van der Waals surface area contributed by atoms with E-state index in [1.807, 2.05) is 64.2 Å². The Labute approximate surface area is 172 Å². The quantitative estimate of drug-likeness (QED) is 0.419. The smallest absolute Gasteiger partial charge is 0.120 e. The maximum absolute atomic E-state index is 9.55. The van der Waals surface area contributed by atoms with Crippen LogP contribution in [0.15, 0.2) is 60.4 Å². The number of ether oxygens (including phenoxy) is 1. The van der Waals surface area contributed by atoms with Crippen LogP contribution in [-0.2, 0) is 0 Å². The Morgan fingerprint density at radius 3 is 2.29 bits per heavy atom. The molecule has 1 rings (SSSR count). The first kappa shape index (κ1) is 27.3. The first-order valence-electron chi connectivity index (χ1n) is 9.77. The van der Waals surface area contributed by atoms with Gasteiger partial charge in [-0.3, -0.25) is 0 Å². The summed E-state index contributed by atoms with van der Waals surface area (Å²) in [5.41, 5.74) is 9.16. The molecule has 0 aromatic heterocycles. The molecule has 0 amide bonds. The summed E-state index contributed by atoms with van der Waals surface area (Å²) < 4.78 is 5.22. The number of nitrogens with one attached hydrogen (secondary N) is 1. The molecule has 0 bridgehead atoms. The van der Waals surface area contributed by atoms with Crippen LogP contribution in [0, 0.1) is 11.3 Å². The number of nitrogens with two attached hydrogens (primary N) is 1. The van der Waals surface area contributed by atoms with Crippen LogP contribution in [-0.4, -0.2) is 14.2 Å². The molecular weight excluding hydrogens is 346 g/mol. The van der Waals surface area contributed by atoms with Gasteiger partial charge < -0.3 is 15.8 Å². The van der Waals surface area contributed by atoms with E-state index in [0.717, 1.165) is 29.0 Å². The number of rotatable bonds is 7. The highest BCUT2D eigenvalue weighted by molar-refractivity contribution is 5.86. The highest BCUT2D eigenvalue weighted by Gasteiger charge is 2.08. The van der Waals surface area contributed by atoms with Gasteiger partial charge in [0.1, 0.15) is 5.75 Å². The second-order valence-electron chi connectivity index (χ2n) is 5.56. The molecule has 28 heavy (non-hydrogen) atoms. The lowest BCUT2D eigenvalue weighted by atomic mass is 10.0. The average molecular weight is 384 g/mol. The van der Waals surface area contributed by atoms with E-state index in [-0.39, 0.29) is 0 Å². The summed E-state index contributed by atoms with van der Waals surface area (Å²) in [7, 11) is 3.43. The van der Waals surface area contributed by atoms with Gasteiger partial charge in [-0.2, -0.15) is 5.26 Å². The zero-order valence-corrected chi connectivity index (χ0v) is 18.6. The van der Waals surface area contributed by atoms with Crippen LogP contribution in [0.2, 0.25) is 0 Å². The number of hydrogen-bond donors (Lipinski definition) is 2. The molecule has 0 atom stereocenters. The van der Waals surface area contributed by atoms with Crippen LogP contribution in [0.5, 0.6) is 5.75 Å². The molecule has 0 heterocycles. The summed E-state index contributed by atoms with van der Waals surface area (Å²) in [6, 6.07) is 7.83. The van der Waals surface area contributed by atoms with Crippen molar-refractivity contribution < 1.29 is 4.74 Å². The molecule has 0 saturated heterocycles. The third-order valence-corrected chi connectivity index (χ3v) is 3.15. The molecule has 4 heteroatoms. The van der Waals surface area contributed by atoms with Gasteiger partial charge in [0.15, 0.2) is 0 Å². The number of nitrogens with zero attached hydrogens (tertiary/aromatic N) is 1. The maximum atomic E-state index is 9.55. The Morgan fingerprint density at radius 2 is 1.86 bits per heavy atom. The maximum Gasteiger partial charge on any atom is 0.120 e. The number of allylic oxidation sites excluding steroid dienone is 6. The van der Waals surface area contributed by atoms with Gasteiger partial charge in [0.25, 0.3) is 0 Å². The van der Waals surface area contributed by atoms with Gasteiger partial charge in [-0.15, -0.1) is 0 Å². The van der Waals surface area contributed by atoms with Crippen molar-refractivity contribution in [3.63, 3.8) is 0 Å². The largest absolute Gasteiger partial charge is 0.497 e. The summed E-state index contributed by atoms with van der Waals surface area (Å²) >= 11 is 0. The third kappa shape index (κ3) is 10.9. The zero-order chi connectivity index (χ0) is 21.9. The number of benzene rings is 1. The van der Waals surface area contributed by atoms with Crippen LogP contribution in [0.4, 0.5) is 5.69 Å². The molecule has 0 radical (unpaired) electrons. The Balaban J connectivity index is 0. The highest BCUT2D eigenvalue weighted by atomic mass is 16.5. The topological polar surface area (TPSA) is 71.1 Å². The second-order valence-corrected chi connectivity index (χ2v) is 5.56. The van der Waals surface area contributed by atoms with Crippen LogP contribution in [0.1, 0.15) is 53.0 Å². The van der Waals surface area contributed by atoms with E-state index in [1.165, 1.54) is 6.42 Å². The summed E-state index contributed by atoms with van der Waals surface area (Å²) in [5, 5.41) is 12.6. The number of nitriles is 1. The second kappa shape index (κ2) is 17.5. The molecule has 0 aliphatic carbocycles. The van der Waals surface area contributed by atoms with Crippen LogP contribution < -0.4 is 15.8 Å². The van der Waals surface area contributed by atoms with Gasteiger partial charge in [0.2, 0.25) is 0 Å². The van der Waals surface area contributed by atoms with Crippen molar-refractivity contribution in [2.45, 2.75) is 47.5 Å². The monoisotopic (exact) mass is 383 g/mol. The van der Waals surface area contributed by atoms with Gasteiger partial charge in [0, 0.05) is 30.1 Å². The first-order chi connectivity index (χ1) is 13.5. The fourth-order valence-corrected chi connectivity index (χ4v) is 2.04. The summed E-state index contributed by atoms with van der Waals surface area (Å²) in [6.45, 7) is 13.9. The Hall–Kier alpha value is -2.93. The SMILES string of the molecule is C=C(N)\C=C/C(/C=C(\C#N)c1ccc(OC)cc1NC)=C\CC.CC.CCC. The van der Waals surface area contributed by atoms with E-state index in [1.54, 1.807) is 13.2 Å². The minimum absolute atomic E-state index is 0.472. The third-order valence-electron chi connectivity index (χ3n) is 3.15. The van der Waals surface area contributed by atoms with Gasteiger partial charge in [-0.25, -0.2) is 0 Å². The van der Waals surface area contributed by atoms with Crippen molar-refractivity contribution in [1.82, 2.24) is 0 Å². The Kier molecular flexibility index (Phi) is 17.0. The standard InChI is InChI=1S/C19H23N3O.C3H8.C2H6/c1-5-6-15(8-7-14(2)21)11-16(13-20)18-10-9-17(23-4)12-19(18)22-3;1-3-2;1-2/h6-12,22H,2,5,21H2,1,3-4H3;3H2,1-2H3;1-2H3/b8-7-,15-6+,16-11+;;. The molecule has 1 aromatic carbocycles. The van der Waals surface area contributed by atoms with Crippen molar-refractivity contribution >= 4 is 11.3 Å². The fourth-order valence-electron chi connectivity index (χ4n) is 2.04. The lowest BCUT2D eigenvalue weighted by molar-refractivity contribution is 0.415. The van der Waals surface area contributed by atoms with E-state index < -0.39 is 0 Å². The first-order valence-corrected chi connectivity index (χ1v) is 9.77.